The number of hydrogen-bond acceptors (Lipinski definition) is 6. The summed E-state index contributed by atoms with van der Waals surface area (Å²) in [4.78, 5) is 29.5. The van der Waals surface area contributed by atoms with Crippen molar-refractivity contribution in [3.8, 4) is 22.6 Å². The molecule has 0 atom stereocenters. The number of imidazole rings is 1. The number of furan rings is 1. The Kier molecular flexibility index (Phi) is 4.80. The largest absolute Gasteiger partial charge is 0.451 e. The van der Waals surface area contributed by atoms with Crippen LogP contribution in [0.3, 0.4) is 0 Å². The third kappa shape index (κ3) is 4.10. The van der Waals surface area contributed by atoms with Gasteiger partial charge >= 0.3 is 0 Å². The van der Waals surface area contributed by atoms with Gasteiger partial charge < -0.3 is 19.6 Å². The minimum Gasteiger partial charge on any atom is -0.451 e. The Morgan fingerprint density at radius 2 is 1.86 bits per heavy atom. The van der Waals surface area contributed by atoms with Gasteiger partial charge in [0, 0.05) is 22.8 Å². The number of nitrogens with one attached hydrogen (secondary N) is 2. The molecule has 0 radical (unpaired) electrons. The van der Waals surface area contributed by atoms with Crippen LogP contribution in [0.2, 0.25) is 0 Å². The van der Waals surface area contributed by atoms with Gasteiger partial charge in [-0.2, -0.15) is 0 Å². The van der Waals surface area contributed by atoms with Gasteiger partial charge in [-0.05, 0) is 35.9 Å². The van der Waals surface area contributed by atoms with Gasteiger partial charge in [0.25, 0.3) is 11.8 Å². The van der Waals surface area contributed by atoms with Crippen molar-refractivity contribution in [2.24, 2.45) is 0 Å². The van der Waals surface area contributed by atoms with Gasteiger partial charge in [-0.3, -0.25) is 4.79 Å². The molecule has 5 aromatic rings. The van der Waals surface area contributed by atoms with Gasteiger partial charge in [0.2, 0.25) is 0 Å². The molecule has 1 fully saturated rings. The molecule has 0 unspecified atom stereocenters. The Bertz CT molecular complexity index is 1520. The molecule has 3 aromatic heterocycles. The van der Waals surface area contributed by atoms with Crippen LogP contribution in [0.15, 0.2) is 77.7 Å². The Hall–Kier alpha value is -4.60. The number of amides is 1. The number of aromatic amines is 1. The van der Waals surface area contributed by atoms with E-state index in [4.69, 9.17) is 4.42 Å². The molecule has 2 aromatic carbocycles. The van der Waals surface area contributed by atoms with Crippen molar-refractivity contribution in [2.75, 3.05) is 18.4 Å². The van der Waals surface area contributed by atoms with Gasteiger partial charge in [0.1, 0.15) is 11.4 Å². The first kappa shape index (κ1) is 21.0. The lowest BCUT2D eigenvalue weighted by molar-refractivity contribution is -0.113. The van der Waals surface area contributed by atoms with E-state index in [0.29, 0.717) is 28.2 Å². The first-order chi connectivity index (χ1) is 16.9. The fraction of sp³-hybridized carbons (Fsp3) is 0.120. The maximum absolute atomic E-state index is 13.1. The molecule has 8 nitrogen and oxygen atoms in total. The van der Waals surface area contributed by atoms with Crippen molar-refractivity contribution in [3.63, 3.8) is 0 Å². The number of fused-ring (bicyclic) bond motifs is 1. The molecule has 0 bridgehead atoms. The molecule has 35 heavy (non-hydrogen) atoms. The first-order valence-electron chi connectivity index (χ1n) is 10.8. The summed E-state index contributed by atoms with van der Waals surface area (Å²) in [5, 5.41) is 3.95. The number of halogens is 2. The highest BCUT2D eigenvalue weighted by Gasteiger charge is 2.47. The Morgan fingerprint density at radius 1 is 1.06 bits per heavy atom. The predicted octanol–water partition coefficient (Wildman–Crippen LogP) is 5.11. The zero-order chi connectivity index (χ0) is 24.0. The van der Waals surface area contributed by atoms with E-state index in [1.54, 1.807) is 43.0 Å². The van der Waals surface area contributed by atoms with Crippen LogP contribution in [0.1, 0.15) is 10.6 Å². The topological polar surface area (TPSA) is 99.9 Å². The minimum atomic E-state index is -2.83. The summed E-state index contributed by atoms with van der Waals surface area (Å²) in [6.45, 7) is -1.18. The van der Waals surface area contributed by atoms with Crippen LogP contribution in [-0.2, 0) is 0 Å². The van der Waals surface area contributed by atoms with Crippen LogP contribution in [0, 0.1) is 0 Å². The number of benzene rings is 2. The summed E-state index contributed by atoms with van der Waals surface area (Å²) < 4.78 is 31.9. The fourth-order valence-corrected chi connectivity index (χ4v) is 3.95. The van der Waals surface area contributed by atoms with E-state index < -0.39 is 24.9 Å². The second kappa shape index (κ2) is 8.01. The average Bonchev–Trinajstić information content (AvgIpc) is 3.52. The lowest BCUT2D eigenvalue weighted by atomic mass is 10.1. The van der Waals surface area contributed by atoms with Crippen LogP contribution < -0.4 is 5.32 Å². The van der Waals surface area contributed by atoms with E-state index in [2.05, 4.69) is 25.3 Å². The van der Waals surface area contributed by atoms with Crippen molar-refractivity contribution in [2.45, 2.75) is 5.92 Å². The molecule has 10 heteroatoms. The number of anilines is 2. The fourth-order valence-electron chi connectivity index (χ4n) is 3.95. The standard InChI is InChI=1S/C25H18F2N6O2/c26-25(27)12-33(13-25)24(34)21-9-16-1-2-17(10-20(16)35-21)23-29-8-7-22(32-23)31-18-5-3-15(4-6-18)19-11-28-14-30-19/h1-11,14H,12-13H2,(H,28,30)(H,29,31,32). The predicted molar refractivity (Wildman–Crippen MR) is 125 cm³/mol. The van der Waals surface area contributed by atoms with E-state index in [1.807, 2.05) is 30.3 Å². The molecule has 6 rings (SSSR count). The second-order valence-corrected chi connectivity index (χ2v) is 8.31. The zero-order valence-electron chi connectivity index (χ0n) is 18.2. The average molecular weight is 472 g/mol. The van der Waals surface area contributed by atoms with Crippen molar-refractivity contribution < 1.29 is 18.0 Å². The van der Waals surface area contributed by atoms with Crippen LogP contribution in [0.25, 0.3) is 33.6 Å². The van der Waals surface area contributed by atoms with Crippen LogP contribution in [0.5, 0.6) is 0 Å². The molecule has 1 saturated heterocycles. The monoisotopic (exact) mass is 472 g/mol. The lowest BCUT2D eigenvalue weighted by Gasteiger charge is -2.37. The molecular weight excluding hydrogens is 454 g/mol. The molecule has 0 spiro atoms. The number of H-pyrrole nitrogens is 1. The molecule has 1 aliphatic rings. The maximum atomic E-state index is 13.1. The number of aromatic nitrogens is 4. The van der Waals surface area contributed by atoms with Gasteiger partial charge in [0.05, 0.1) is 31.3 Å². The molecule has 0 saturated carbocycles. The van der Waals surface area contributed by atoms with E-state index in [0.717, 1.165) is 21.8 Å². The number of rotatable bonds is 5. The van der Waals surface area contributed by atoms with E-state index in [1.165, 1.54) is 0 Å². The highest BCUT2D eigenvalue weighted by atomic mass is 19.3. The molecule has 2 N–H and O–H groups in total. The number of carbonyl (C=O) groups is 1. The Labute approximate surface area is 197 Å². The number of likely N-dealkylation sites (tertiary alicyclic amines) is 1. The number of hydrogen-bond donors (Lipinski definition) is 2. The van der Waals surface area contributed by atoms with Crippen molar-refractivity contribution in [1.29, 1.82) is 0 Å². The van der Waals surface area contributed by atoms with Crippen molar-refractivity contribution in [1.82, 2.24) is 24.8 Å². The quantitative estimate of drug-likeness (QED) is 0.369. The summed E-state index contributed by atoms with van der Waals surface area (Å²) in [5.74, 6) is -2.26. The molecule has 1 amide bonds. The van der Waals surface area contributed by atoms with Gasteiger partial charge in [-0.15, -0.1) is 0 Å². The van der Waals surface area contributed by atoms with E-state index >= 15 is 0 Å². The van der Waals surface area contributed by atoms with E-state index in [9.17, 15) is 13.6 Å². The van der Waals surface area contributed by atoms with Gasteiger partial charge in [0.15, 0.2) is 11.6 Å². The number of carbonyl (C=O) groups excluding carboxylic acids is 1. The SMILES string of the molecule is O=C(c1cc2ccc(-c3nccc(Nc4ccc(-c5cnc[nH]5)cc4)n3)cc2o1)N1CC(F)(F)C1. The number of nitrogens with zero attached hydrogens (tertiary/aromatic N) is 4. The van der Waals surface area contributed by atoms with Crippen molar-refractivity contribution >= 4 is 28.4 Å². The number of alkyl halides is 2. The minimum absolute atomic E-state index is 0.0302. The third-order valence-electron chi connectivity index (χ3n) is 5.74. The first-order valence-corrected chi connectivity index (χ1v) is 10.8. The van der Waals surface area contributed by atoms with Crippen LogP contribution in [-0.4, -0.2) is 49.8 Å². The highest BCUT2D eigenvalue weighted by molar-refractivity contribution is 5.97. The molecular formula is C25H18F2N6O2. The maximum Gasteiger partial charge on any atom is 0.290 e. The highest BCUT2D eigenvalue weighted by Crippen LogP contribution is 2.31. The van der Waals surface area contributed by atoms with Gasteiger partial charge in [-0.25, -0.2) is 23.7 Å². The third-order valence-corrected chi connectivity index (χ3v) is 5.74. The molecule has 4 heterocycles. The summed E-state index contributed by atoms with van der Waals surface area (Å²) in [7, 11) is 0. The van der Waals surface area contributed by atoms with Crippen molar-refractivity contribution in [3.05, 3.63) is 79.1 Å². The van der Waals surface area contributed by atoms with Gasteiger partial charge in [-0.1, -0.05) is 24.3 Å². The summed E-state index contributed by atoms with van der Waals surface area (Å²) >= 11 is 0. The van der Waals surface area contributed by atoms with Crippen LogP contribution >= 0.6 is 0 Å². The van der Waals surface area contributed by atoms with E-state index in [-0.39, 0.29) is 5.76 Å². The Morgan fingerprint density at radius 3 is 2.60 bits per heavy atom. The normalized spacial score (nSPS) is 14.6. The summed E-state index contributed by atoms with van der Waals surface area (Å²) in [6.07, 6.45) is 5.04. The molecule has 174 valence electrons. The van der Waals surface area contributed by atoms with Crippen LogP contribution in [0.4, 0.5) is 20.3 Å². The smallest absolute Gasteiger partial charge is 0.290 e. The summed E-state index contributed by atoms with van der Waals surface area (Å²) in [5.41, 5.74) is 3.96. The molecule has 1 aliphatic heterocycles. The zero-order valence-corrected chi connectivity index (χ0v) is 18.2. The second-order valence-electron chi connectivity index (χ2n) is 8.31. The Balaban J connectivity index is 1.21. The lowest BCUT2D eigenvalue weighted by Crippen LogP contribution is -2.58. The molecule has 0 aliphatic carbocycles. The summed E-state index contributed by atoms with van der Waals surface area (Å²) in [6, 6.07) is 16.5.